The monoisotopic (exact) mass is 286 g/mol. The number of halogens is 1. The zero-order valence-corrected chi connectivity index (χ0v) is 11.8. The van der Waals surface area contributed by atoms with Crippen LogP contribution in [0.15, 0.2) is 10.7 Å². The highest BCUT2D eigenvalue weighted by molar-refractivity contribution is 9.10. The fraction of sp³-hybridized carbons (Fsp3) is 0.636. The Morgan fingerprint density at radius 2 is 2.12 bits per heavy atom. The standard InChI is InChI=1S/C11H19BrN4/c1-7(11(2,3)4)5-14-9-8(12)6-15-10(13)16-9/h6-7H,5H2,1-4H3,(H3,13,14,15,16). The Bertz CT molecular complexity index is 359. The molecule has 0 radical (unpaired) electrons. The van der Waals surface area contributed by atoms with Crippen molar-refractivity contribution in [3.63, 3.8) is 0 Å². The molecule has 1 aromatic heterocycles. The van der Waals surface area contributed by atoms with Crippen molar-refractivity contribution in [2.24, 2.45) is 11.3 Å². The molecule has 0 fully saturated rings. The fourth-order valence-corrected chi connectivity index (χ4v) is 1.39. The maximum Gasteiger partial charge on any atom is 0.221 e. The van der Waals surface area contributed by atoms with E-state index in [1.54, 1.807) is 6.20 Å². The SMILES string of the molecule is CC(CNc1nc(N)ncc1Br)C(C)(C)C. The zero-order valence-electron chi connectivity index (χ0n) is 10.2. The van der Waals surface area contributed by atoms with Gasteiger partial charge in [-0.2, -0.15) is 4.98 Å². The van der Waals surface area contributed by atoms with Gasteiger partial charge in [-0.1, -0.05) is 27.7 Å². The van der Waals surface area contributed by atoms with Crippen molar-refractivity contribution in [1.82, 2.24) is 9.97 Å². The molecule has 16 heavy (non-hydrogen) atoms. The van der Waals surface area contributed by atoms with Gasteiger partial charge in [-0.25, -0.2) is 4.98 Å². The Labute approximate surface area is 105 Å². The van der Waals surface area contributed by atoms with Gasteiger partial charge in [0.25, 0.3) is 0 Å². The second-order valence-electron chi connectivity index (χ2n) is 5.07. The van der Waals surface area contributed by atoms with E-state index in [1.807, 2.05) is 0 Å². The molecule has 0 spiro atoms. The summed E-state index contributed by atoms with van der Waals surface area (Å²) >= 11 is 3.39. The number of nitrogens with two attached hydrogens (primary N) is 1. The van der Waals surface area contributed by atoms with E-state index in [-0.39, 0.29) is 11.4 Å². The van der Waals surface area contributed by atoms with Crippen molar-refractivity contribution in [2.75, 3.05) is 17.6 Å². The van der Waals surface area contributed by atoms with E-state index in [9.17, 15) is 0 Å². The van der Waals surface area contributed by atoms with Gasteiger partial charge >= 0.3 is 0 Å². The van der Waals surface area contributed by atoms with E-state index in [2.05, 4.69) is 58.9 Å². The average Bonchev–Trinajstić information content (AvgIpc) is 2.17. The summed E-state index contributed by atoms with van der Waals surface area (Å²) in [6.45, 7) is 9.75. The largest absolute Gasteiger partial charge is 0.369 e. The van der Waals surface area contributed by atoms with Crippen LogP contribution in [-0.4, -0.2) is 16.5 Å². The van der Waals surface area contributed by atoms with Crippen LogP contribution < -0.4 is 11.1 Å². The van der Waals surface area contributed by atoms with E-state index < -0.39 is 0 Å². The van der Waals surface area contributed by atoms with Crippen LogP contribution in [0.25, 0.3) is 0 Å². The molecule has 1 rings (SSSR count). The molecular formula is C11H19BrN4. The van der Waals surface area contributed by atoms with E-state index in [4.69, 9.17) is 5.73 Å². The van der Waals surface area contributed by atoms with Crippen LogP contribution in [0.3, 0.4) is 0 Å². The third-order valence-electron chi connectivity index (χ3n) is 2.82. The lowest BCUT2D eigenvalue weighted by atomic mass is 9.82. The lowest BCUT2D eigenvalue weighted by molar-refractivity contribution is 0.274. The van der Waals surface area contributed by atoms with Gasteiger partial charge in [0.1, 0.15) is 5.82 Å². The first-order chi connectivity index (χ1) is 7.30. The molecule has 1 unspecified atom stereocenters. The Balaban J connectivity index is 2.64. The smallest absolute Gasteiger partial charge is 0.221 e. The van der Waals surface area contributed by atoms with Crippen molar-refractivity contribution in [1.29, 1.82) is 0 Å². The molecule has 0 bridgehead atoms. The maximum atomic E-state index is 5.54. The van der Waals surface area contributed by atoms with Crippen molar-refractivity contribution < 1.29 is 0 Å². The number of rotatable bonds is 3. The Hall–Kier alpha value is -0.840. The van der Waals surface area contributed by atoms with Crippen molar-refractivity contribution >= 4 is 27.7 Å². The number of anilines is 2. The summed E-state index contributed by atoms with van der Waals surface area (Å²) in [5.74, 6) is 1.58. The number of nitrogen functional groups attached to an aromatic ring is 1. The van der Waals surface area contributed by atoms with E-state index in [0.29, 0.717) is 5.92 Å². The number of hydrogen-bond acceptors (Lipinski definition) is 4. The van der Waals surface area contributed by atoms with E-state index in [0.717, 1.165) is 16.8 Å². The minimum atomic E-state index is 0.276. The lowest BCUT2D eigenvalue weighted by Gasteiger charge is -2.27. The van der Waals surface area contributed by atoms with Crippen LogP contribution in [-0.2, 0) is 0 Å². The topological polar surface area (TPSA) is 63.8 Å². The molecule has 1 heterocycles. The normalized spacial score (nSPS) is 13.6. The third-order valence-corrected chi connectivity index (χ3v) is 3.40. The molecule has 0 aliphatic rings. The summed E-state index contributed by atoms with van der Waals surface area (Å²) in [6, 6.07) is 0. The predicted octanol–water partition coefficient (Wildman–Crippen LogP) is 2.92. The highest BCUT2D eigenvalue weighted by Crippen LogP contribution is 2.26. The predicted molar refractivity (Wildman–Crippen MR) is 71.3 cm³/mol. The molecule has 0 aliphatic carbocycles. The quantitative estimate of drug-likeness (QED) is 0.897. The Morgan fingerprint density at radius 1 is 1.50 bits per heavy atom. The summed E-state index contributed by atoms with van der Waals surface area (Å²) in [5, 5.41) is 3.28. The molecule has 3 N–H and O–H groups in total. The summed E-state index contributed by atoms with van der Waals surface area (Å²) in [6.07, 6.45) is 1.66. The van der Waals surface area contributed by atoms with Gasteiger partial charge in [-0.15, -0.1) is 0 Å². The van der Waals surface area contributed by atoms with Gasteiger partial charge in [0.2, 0.25) is 5.95 Å². The first-order valence-electron chi connectivity index (χ1n) is 5.32. The molecule has 1 aromatic rings. The average molecular weight is 287 g/mol. The third kappa shape index (κ3) is 3.63. The molecule has 4 nitrogen and oxygen atoms in total. The molecule has 0 aliphatic heterocycles. The van der Waals surface area contributed by atoms with Gasteiger partial charge in [-0.05, 0) is 27.3 Å². The van der Waals surface area contributed by atoms with Gasteiger partial charge in [0.15, 0.2) is 0 Å². The first-order valence-corrected chi connectivity index (χ1v) is 6.12. The molecule has 0 aromatic carbocycles. The number of hydrogen-bond donors (Lipinski definition) is 2. The number of aromatic nitrogens is 2. The molecule has 0 amide bonds. The number of nitrogens with one attached hydrogen (secondary N) is 1. The highest BCUT2D eigenvalue weighted by Gasteiger charge is 2.19. The lowest BCUT2D eigenvalue weighted by Crippen LogP contribution is -2.25. The second-order valence-corrected chi connectivity index (χ2v) is 5.93. The Morgan fingerprint density at radius 3 is 2.69 bits per heavy atom. The van der Waals surface area contributed by atoms with Gasteiger partial charge in [0, 0.05) is 12.7 Å². The van der Waals surface area contributed by atoms with Crippen LogP contribution in [0, 0.1) is 11.3 Å². The first kappa shape index (κ1) is 13.2. The number of nitrogens with zero attached hydrogens (tertiary/aromatic N) is 2. The summed E-state index contributed by atoms with van der Waals surface area (Å²) in [4.78, 5) is 8.03. The molecule has 5 heteroatoms. The molecule has 0 saturated heterocycles. The van der Waals surface area contributed by atoms with Crippen molar-refractivity contribution in [2.45, 2.75) is 27.7 Å². The van der Waals surface area contributed by atoms with Crippen molar-refractivity contribution in [3.8, 4) is 0 Å². The summed E-state index contributed by atoms with van der Waals surface area (Å²) in [5.41, 5.74) is 5.81. The molecule has 90 valence electrons. The van der Waals surface area contributed by atoms with Crippen LogP contribution in [0.5, 0.6) is 0 Å². The highest BCUT2D eigenvalue weighted by atomic mass is 79.9. The van der Waals surface area contributed by atoms with Crippen LogP contribution in [0.4, 0.5) is 11.8 Å². The molecular weight excluding hydrogens is 268 g/mol. The van der Waals surface area contributed by atoms with Gasteiger partial charge in [-0.3, -0.25) is 0 Å². The van der Waals surface area contributed by atoms with Crippen LogP contribution >= 0.6 is 15.9 Å². The second kappa shape index (κ2) is 4.99. The van der Waals surface area contributed by atoms with Gasteiger partial charge in [0.05, 0.1) is 4.47 Å². The van der Waals surface area contributed by atoms with Gasteiger partial charge < -0.3 is 11.1 Å². The molecule has 0 saturated carbocycles. The summed E-state index contributed by atoms with van der Waals surface area (Å²) < 4.78 is 0.836. The van der Waals surface area contributed by atoms with E-state index >= 15 is 0 Å². The fourth-order valence-electron chi connectivity index (χ4n) is 1.06. The molecule has 1 atom stereocenters. The van der Waals surface area contributed by atoms with E-state index in [1.165, 1.54) is 0 Å². The maximum absolute atomic E-state index is 5.54. The summed E-state index contributed by atoms with van der Waals surface area (Å²) in [7, 11) is 0. The van der Waals surface area contributed by atoms with Crippen LogP contribution in [0.1, 0.15) is 27.7 Å². The Kier molecular flexibility index (Phi) is 4.13. The minimum Gasteiger partial charge on any atom is -0.369 e. The van der Waals surface area contributed by atoms with Crippen molar-refractivity contribution in [3.05, 3.63) is 10.7 Å². The minimum absolute atomic E-state index is 0.276. The zero-order chi connectivity index (χ0) is 12.3. The van der Waals surface area contributed by atoms with Crippen LogP contribution in [0.2, 0.25) is 0 Å².